The van der Waals surface area contributed by atoms with Gasteiger partial charge in [0.2, 0.25) is 5.91 Å². The third-order valence-electron chi connectivity index (χ3n) is 3.43. The normalized spacial score (nSPS) is 17.4. The maximum atomic E-state index is 12.0. The second kappa shape index (κ2) is 6.77. The molecule has 1 saturated carbocycles. The Morgan fingerprint density at radius 3 is 2.79 bits per heavy atom. The lowest BCUT2D eigenvalue weighted by molar-refractivity contribution is -0.121. The van der Waals surface area contributed by atoms with Gasteiger partial charge in [0, 0.05) is 9.37 Å². The summed E-state index contributed by atoms with van der Waals surface area (Å²) in [5.41, 5.74) is -0.366. The Labute approximate surface area is 126 Å². The number of halogens is 1. The van der Waals surface area contributed by atoms with E-state index in [1.165, 1.54) is 11.8 Å². The minimum atomic E-state index is -0.366. The van der Waals surface area contributed by atoms with Crippen molar-refractivity contribution in [3.05, 3.63) is 28.7 Å². The molecule has 0 spiro atoms. The van der Waals surface area contributed by atoms with Crippen LogP contribution in [0.2, 0.25) is 0 Å². The van der Waals surface area contributed by atoms with Gasteiger partial charge < -0.3 is 10.4 Å². The molecule has 19 heavy (non-hydrogen) atoms. The molecule has 0 aliphatic heterocycles. The predicted octanol–water partition coefficient (Wildman–Crippen LogP) is 2.96. The standard InChI is InChI=1S/C14H18BrNO2S/c15-11-4-3-5-12(8-11)19-9-13(18)16-14(10-17)6-1-2-7-14/h3-5,8,17H,1-2,6-7,9-10H2,(H,16,18). The van der Waals surface area contributed by atoms with Crippen molar-refractivity contribution in [1.29, 1.82) is 0 Å². The number of amides is 1. The zero-order chi connectivity index (χ0) is 13.7. The lowest BCUT2D eigenvalue weighted by Crippen LogP contribution is -2.49. The zero-order valence-electron chi connectivity index (χ0n) is 10.7. The molecule has 1 fully saturated rings. The largest absolute Gasteiger partial charge is 0.394 e. The molecule has 0 unspecified atom stereocenters. The first kappa shape index (κ1) is 14.9. The lowest BCUT2D eigenvalue weighted by atomic mass is 9.99. The summed E-state index contributed by atoms with van der Waals surface area (Å²) in [6.45, 7) is 0.0420. The number of benzene rings is 1. The van der Waals surface area contributed by atoms with Crippen LogP contribution in [0, 0.1) is 0 Å². The first-order valence-corrected chi connectivity index (χ1v) is 8.22. The molecule has 1 aliphatic rings. The Balaban J connectivity index is 1.84. The van der Waals surface area contributed by atoms with Gasteiger partial charge in [-0.1, -0.05) is 34.8 Å². The van der Waals surface area contributed by atoms with Crippen molar-refractivity contribution in [3.63, 3.8) is 0 Å². The van der Waals surface area contributed by atoms with Crippen LogP contribution >= 0.6 is 27.7 Å². The highest BCUT2D eigenvalue weighted by Gasteiger charge is 2.34. The molecule has 0 radical (unpaired) electrons. The monoisotopic (exact) mass is 343 g/mol. The van der Waals surface area contributed by atoms with Crippen molar-refractivity contribution in [2.24, 2.45) is 0 Å². The number of rotatable bonds is 5. The Bertz CT molecular complexity index is 447. The van der Waals surface area contributed by atoms with Crippen LogP contribution in [0.1, 0.15) is 25.7 Å². The van der Waals surface area contributed by atoms with E-state index >= 15 is 0 Å². The fraction of sp³-hybridized carbons (Fsp3) is 0.500. The SMILES string of the molecule is O=C(CSc1cccc(Br)c1)NC1(CO)CCCC1. The summed E-state index contributed by atoms with van der Waals surface area (Å²) >= 11 is 4.92. The van der Waals surface area contributed by atoms with Gasteiger partial charge in [0.25, 0.3) is 0 Å². The van der Waals surface area contributed by atoms with E-state index in [-0.39, 0.29) is 18.1 Å². The van der Waals surface area contributed by atoms with Crippen LogP contribution in [0.3, 0.4) is 0 Å². The van der Waals surface area contributed by atoms with Crippen molar-refractivity contribution < 1.29 is 9.90 Å². The minimum Gasteiger partial charge on any atom is -0.394 e. The molecular weight excluding hydrogens is 326 g/mol. The smallest absolute Gasteiger partial charge is 0.230 e. The fourth-order valence-corrected chi connectivity index (χ4v) is 3.72. The summed E-state index contributed by atoms with van der Waals surface area (Å²) in [6.07, 6.45) is 3.94. The third kappa shape index (κ3) is 4.23. The molecule has 0 heterocycles. The number of hydrogen-bond acceptors (Lipinski definition) is 3. The number of aliphatic hydroxyl groups excluding tert-OH is 1. The van der Waals surface area contributed by atoms with E-state index < -0.39 is 0 Å². The lowest BCUT2D eigenvalue weighted by Gasteiger charge is -2.27. The molecule has 2 rings (SSSR count). The molecule has 104 valence electrons. The van der Waals surface area contributed by atoms with E-state index in [1.807, 2.05) is 24.3 Å². The van der Waals surface area contributed by atoms with Crippen molar-refractivity contribution in [1.82, 2.24) is 5.32 Å². The van der Waals surface area contributed by atoms with Crippen molar-refractivity contribution in [3.8, 4) is 0 Å². The van der Waals surface area contributed by atoms with Gasteiger partial charge >= 0.3 is 0 Å². The van der Waals surface area contributed by atoms with Crippen LogP contribution in [0.5, 0.6) is 0 Å². The van der Waals surface area contributed by atoms with Crippen LogP contribution in [0.25, 0.3) is 0 Å². The zero-order valence-corrected chi connectivity index (χ0v) is 13.1. The van der Waals surface area contributed by atoms with Gasteiger partial charge in [0.15, 0.2) is 0 Å². The third-order valence-corrected chi connectivity index (χ3v) is 4.92. The summed E-state index contributed by atoms with van der Waals surface area (Å²) in [4.78, 5) is 13.0. The van der Waals surface area contributed by atoms with Crippen LogP contribution in [0.15, 0.2) is 33.6 Å². The van der Waals surface area contributed by atoms with E-state index in [2.05, 4.69) is 21.2 Å². The maximum absolute atomic E-state index is 12.0. The van der Waals surface area contributed by atoms with Crippen LogP contribution < -0.4 is 5.32 Å². The molecular formula is C14H18BrNO2S. The van der Waals surface area contributed by atoms with Crippen molar-refractivity contribution >= 4 is 33.6 Å². The number of thioether (sulfide) groups is 1. The molecule has 0 saturated heterocycles. The van der Waals surface area contributed by atoms with Gasteiger partial charge in [0.05, 0.1) is 17.9 Å². The second-order valence-corrected chi connectivity index (χ2v) is 6.90. The quantitative estimate of drug-likeness (QED) is 0.808. The number of carbonyl (C=O) groups is 1. The van der Waals surface area contributed by atoms with Crippen LogP contribution in [-0.2, 0) is 4.79 Å². The number of nitrogens with one attached hydrogen (secondary N) is 1. The van der Waals surface area contributed by atoms with Gasteiger partial charge in [-0.3, -0.25) is 4.79 Å². The van der Waals surface area contributed by atoms with Crippen LogP contribution in [-0.4, -0.2) is 28.9 Å². The first-order chi connectivity index (χ1) is 9.13. The Morgan fingerprint density at radius 1 is 1.42 bits per heavy atom. The minimum absolute atomic E-state index is 0.000857. The highest BCUT2D eigenvalue weighted by Crippen LogP contribution is 2.29. The number of hydrogen-bond donors (Lipinski definition) is 2. The topological polar surface area (TPSA) is 49.3 Å². The first-order valence-electron chi connectivity index (χ1n) is 6.44. The summed E-state index contributed by atoms with van der Waals surface area (Å²) < 4.78 is 1.01. The fourth-order valence-electron chi connectivity index (χ4n) is 2.41. The van der Waals surface area contributed by atoms with E-state index in [9.17, 15) is 9.90 Å². The van der Waals surface area contributed by atoms with Crippen molar-refractivity contribution in [2.45, 2.75) is 36.1 Å². The summed E-state index contributed by atoms with van der Waals surface area (Å²) in [6, 6.07) is 7.90. The second-order valence-electron chi connectivity index (χ2n) is 4.94. The molecule has 1 aromatic rings. The molecule has 0 aromatic heterocycles. The highest BCUT2D eigenvalue weighted by molar-refractivity contribution is 9.10. The molecule has 0 atom stereocenters. The van der Waals surface area contributed by atoms with Crippen LogP contribution in [0.4, 0.5) is 0 Å². The highest BCUT2D eigenvalue weighted by atomic mass is 79.9. The Kier molecular flexibility index (Phi) is 5.30. The summed E-state index contributed by atoms with van der Waals surface area (Å²) in [5.74, 6) is 0.388. The predicted molar refractivity (Wildman–Crippen MR) is 81.3 cm³/mol. The molecule has 5 heteroatoms. The maximum Gasteiger partial charge on any atom is 0.230 e. The molecule has 1 amide bonds. The molecule has 2 N–H and O–H groups in total. The van der Waals surface area contributed by atoms with Gasteiger partial charge in [-0.15, -0.1) is 11.8 Å². The van der Waals surface area contributed by atoms with E-state index in [0.717, 1.165) is 35.1 Å². The summed E-state index contributed by atoms with van der Waals surface area (Å²) in [7, 11) is 0. The molecule has 1 aliphatic carbocycles. The van der Waals surface area contributed by atoms with E-state index in [0.29, 0.717) is 5.75 Å². The average Bonchev–Trinajstić information content (AvgIpc) is 2.86. The van der Waals surface area contributed by atoms with Gasteiger partial charge in [-0.25, -0.2) is 0 Å². The number of carbonyl (C=O) groups excluding carboxylic acids is 1. The molecule has 0 bridgehead atoms. The Morgan fingerprint density at radius 2 is 2.16 bits per heavy atom. The molecule has 1 aromatic carbocycles. The summed E-state index contributed by atoms with van der Waals surface area (Å²) in [5, 5.41) is 12.5. The number of aliphatic hydroxyl groups is 1. The van der Waals surface area contributed by atoms with Crippen molar-refractivity contribution in [2.75, 3.05) is 12.4 Å². The van der Waals surface area contributed by atoms with Gasteiger partial charge in [0.1, 0.15) is 0 Å². The van der Waals surface area contributed by atoms with Gasteiger partial charge in [-0.05, 0) is 31.0 Å². The van der Waals surface area contributed by atoms with E-state index in [1.54, 1.807) is 0 Å². The Hall–Kier alpha value is -0.520. The van der Waals surface area contributed by atoms with Gasteiger partial charge in [-0.2, -0.15) is 0 Å². The average molecular weight is 344 g/mol. The molecule has 3 nitrogen and oxygen atoms in total. The van der Waals surface area contributed by atoms with E-state index in [4.69, 9.17) is 0 Å².